The minimum absolute atomic E-state index is 0.125. The van der Waals surface area contributed by atoms with Gasteiger partial charge in [-0.25, -0.2) is 28.3 Å². The molecule has 4 heterocycles. The Balaban J connectivity index is 1.03. The molecule has 16 heteroatoms. The Labute approximate surface area is 341 Å². The van der Waals surface area contributed by atoms with Crippen molar-refractivity contribution in [3.05, 3.63) is 72.6 Å². The number of imidazole rings is 2. The first-order chi connectivity index (χ1) is 28.1. The normalized spacial score (nSPS) is 20.4. The second kappa shape index (κ2) is 16.5. The number of methoxy groups -OCH3 is 2. The predicted molar refractivity (Wildman–Crippen MR) is 215 cm³/mol. The Bertz CT molecular complexity index is 2160. The van der Waals surface area contributed by atoms with Crippen molar-refractivity contribution in [3.63, 3.8) is 0 Å². The van der Waals surface area contributed by atoms with Crippen LogP contribution in [0, 0.1) is 17.3 Å². The molecular weight excluding hydrogens is 763 g/mol. The summed E-state index contributed by atoms with van der Waals surface area (Å²) in [6.45, 7) is 8.11. The van der Waals surface area contributed by atoms with Crippen LogP contribution in [0.2, 0.25) is 0 Å². The molecule has 314 valence electrons. The molecule has 59 heavy (non-hydrogen) atoms. The summed E-state index contributed by atoms with van der Waals surface area (Å²) in [6.07, 6.45) is 3.41. The molecule has 4 atom stereocenters. The van der Waals surface area contributed by atoms with Crippen LogP contribution in [0.5, 0.6) is 0 Å². The highest BCUT2D eigenvalue weighted by Crippen LogP contribution is 2.60. The lowest BCUT2D eigenvalue weighted by molar-refractivity contribution is -0.159. The Morgan fingerprint density at radius 2 is 1.15 bits per heavy atom. The van der Waals surface area contributed by atoms with Crippen molar-refractivity contribution in [2.45, 2.75) is 89.9 Å². The number of amides is 4. The molecule has 14 nitrogen and oxygen atoms in total. The Kier molecular flexibility index (Phi) is 11.5. The Hall–Kier alpha value is -5.80. The zero-order valence-electron chi connectivity index (χ0n) is 34.2. The van der Waals surface area contributed by atoms with Gasteiger partial charge in [-0.05, 0) is 53.4 Å². The van der Waals surface area contributed by atoms with E-state index in [4.69, 9.17) is 9.47 Å². The molecule has 1 aliphatic carbocycles. The van der Waals surface area contributed by atoms with E-state index in [9.17, 15) is 28.0 Å². The number of aromatic amines is 2. The molecule has 4 amide bonds. The van der Waals surface area contributed by atoms with E-state index in [2.05, 4.69) is 30.6 Å². The van der Waals surface area contributed by atoms with Crippen LogP contribution < -0.4 is 10.6 Å². The minimum atomic E-state index is -2.77. The van der Waals surface area contributed by atoms with Gasteiger partial charge >= 0.3 is 12.2 Å². The topological polar surface area (TPSA) is 175 Å². The third kappa shape index (κ3) is 8.53. The van der Waals surface area contributed by atoms with Crippen molar-refractivity contribution in [1.29, 1.82) is 0 Å². The number of halogens is 2. The summed E-state index contributed by atoms with van der Waals surface area (Å²) in [5, 5.41) is 5.30. The van der Waals surface area contributed by atoms with E-state index in [0.717, 1.165) is 46.5 Å². The van der Waals surface area contributed by atoms with Crippen molar-refractivity contribution in [1.82, 2.24) is 40.4 Å². The van der Waals surface area contributed by atoms with Crippen LogP contribution in [0.4, 0.5) is 18.4 Å². The van der Waals surface area contributed by atoms with E-state index in [1.165, 1.54) is 14.2 Å². The number of alkyl halides is 2. The summed E-state index contributed by atoms with van der Waals surface area (Å²) in [4.78, 5) is 71.0. The standard InChI is InChI=1S/C43H52F2N8O6/c1-24(2)34(50-40(56)58-5)38(54)52-17-7-8-32(52)36-46-19-30(48-36)28-13-9-26(10-14-28)27-11-15-29(16-12-27)31-20-47-37(49-31)33-18-42(21-43(44,45)22-42)23-53(33)39(55)35(25(3)4)51-41(57)59-6/h9-16,19-20,24-25,32-35H,7-8,17-18,21-23H2,1-6H3,(H,46,48)(H,47,49)(H,50,56)(H,51,57)/t32-,33?,34-,35-/m0/s1. The third-order valence-electron chi connectivity index (χ3n) is 11.9. The van der Waals surface area contributed by atoms with Gasteiger partial charge in [0, 0.05) is 31.3 Å². The number of rotatable bonds is 11. The SMILES string of the molecule is COC(=O)N[C@H](C(=O)N1CC2(CC1c1ncc(-c3ccc(-c4ccc(-c5cnc([C@@H]6CCCN6C(=O)[C@@H](NC(=O)OC)C(C)C)[nH]5)cc4)cc3)[nH]1)CC(F)(F)C2)C(C)C. The van der Waals surface area contributed by atoms with Crippen molar-refractivity contribution in [3.8, 4) is 33.6 Å². The first-order valence-electron chi connectivity index (χ1n) is 20.1. The van der Waals surface area contributed by atoms with Gasteiger partial charge in [-0.1, -0.05) is 76.2 Å². The van der Waals surface area contributed by atoms with Crippen molar-refractivity contribution >= 4 is 24.0 Å². The highest BCUT2D eigenvalue weighted by Gasteiger charge is 2.62. The maximum Gasteiger partial charge on any atom is 0.407 e. The van der Waals surface area contributed by atoms with E-state index < -0.39 is 41.6 Å². The van der Waals surface area contributed by atoms with Gasteiger partial charge in [0.25, 0.3) is 0 Å². The van der Waals surface area contributed by atoms with E-state index in [1.54, 1.807) is 22.2 Å². The quantitative estimate of drug-likeness (QED) is 0.123. The number of aromatic nitrogens is 4. The zero-order valence-corrected chi connectivity index (χ0v) is 34.2. The first-order valence-corrected chi connectivity index (χ1v) is 20.1. The highest BCUT2D eigenvalue weighted by atomic mass is 19.3. The van der Waals surface area contributed by atoms with Gasteiger partial charge in [-0.15, -0.1) is 0 Å². The number of benzene rings is 2. The van der Waals surface area contributed by atoms with Crippen LogP contribution in [0.15, 0.2) is 60.9 Å². The maximum atomic E-state index is 14.2. The lowest BCUT2D eigenvalue weighted by Crippen LogP contribution is -2.53. The fourth-order valence-electron chi connectivity index (χ4n) is 8.89. The molecule has 1 saturated carbocycles. The average Bonchev–Trinajstić information content (AvgIpc) is 4.04. The van der Waals surface area contributed by atoms with E-state index in [0.29, 0.717) is 24.6 Å². The molecule has 2 aromatic carbocycles. The van der Waals surface area contributed by atoms with Crippen LogP contribution in [-0.2, 0) is 19.1 Å². The number of alkyl carbamates (subject to hydrolysis) is 2. The molecule has 7 rings (SSSR count). The summed E-state index contributed by atoms with van der Waals surface area (Å²) >= 11 is 0. The summed E-state index contributed by atoms with van der Waals surface area (Å²) in [6, 6.07) is 13.6. The van der Waals surface area contributed by atoms with Gasteiger partial charge in [-0.2, -0.15) is 0 Å². The van der Waals surface area contributed by atoms with Gasteiger partial charge < -0.3 is 39.9 Å². The van der Waals surface area contributed by atoms with Gasteiger partial charge in [-0.3, -0.25) is 9.59 Å². The molecule has 1 spiro atoms. The molecule has 0 radical (unpaired) electrons. The fraction of sp³-hybridized carbons (Fsp3) is 0.488. The molecule has 2 aromatic heterocycles. The van der Waals surface area contributed by atoms with E-state index in [-0.39, 0.29) is 49.1 Å². The van der Waals surface area contributed by atoms with Crippen LogP contribution in [-0.4, -0.2) is 99.1 Å². The number of ether oxygens (including phenoxy) is 2. The zero-order chi connectivity index (χ0) is 42.2. The Morgan fingerprint density at radius 1 is 0.712 bits per heavy atom. The summed E-state index contributed by atoms with van der Waals surface area (Å²) in [7, 11) is 2.50. The number of nitrogens with one attached hydrogen (secondary N) is 4. The predicted octanol–water partition coefficient (Wildman–Crippen LogP) is 7.25. The van der Waals surface area contributed by atoms with Crippen molar-refractivity contribution in [2.75, 3.05) is 27.3 Å². The van der Waals surface area contributed by atoms with Crippen LogP contribution >= 0.6 is 0 Å². The van der Waals surface area contributed by atoms with Crippen molar-refractivity contribution in [2.24, 2.45) is 17.3 Å². The number of hydrogen-bond donors (Lipinski definition) is 4. The Morgan fingerprint density at radius 3 is 1.59 bits per heavy atom. The van der Waals surface area contributed by atoms with Gasteiger partial charge in [0.2, 0.25) is 17.7 Å². The number of nitrogens with zero attached hydrogens (tertiary/aromatic N) is 4. The van der Waals surface area contributed by atoms with Gasteiger partial charge in [0.05, 0.1) is 50.1 Å². The van der Waals surface area contributed by atoms with E-state index in [1.807, 2.05) is 76.2 Å². The molecule has 4 aromatic rings. The average molecular weight is 815 g/mol. The summed E-state index contributed by atoms with van der Waals surface area (Å²) < 4.78 is 37.9. The number of likely N-dealkylation sites (tertiary alicyclic amines) is 2. The molecule has 3 aliphatic rings. The molecular formula is C43H52F2N8O6. The monoisotopic (exact) mass is 814 g/mol. The lowest BCUT2D eigenvalue weighted by Gasteiger charge is -2.44. The van der Waals surface area contributed by atoms with Crippen LogP contribution in [0.1, 0.15) is 83.5 Å². The second-order valence-corrected chi connectivity index (χ2v) is 16.8. The summed E-state index contributed by atoms with van der Waals surface area (Å²) in [5.41, 5.74) is 4.61. The van der Waals surface area contributed by atoms with Crippen LogP contribution in [0.3, 0.4) is 0 Å². The molecule has 3 fully saturated rings. The van der Waals surface area contributed by atoms with Crippen molar-refractivity contribution < 1.29 is 37.4 Å². The number of hydrogen-bond acceptors (Lipinski definition) is 8. The first kappa shape index (κ1) is 41.4. The van der Waals surface area contributed by atoms with Crippen LogP contribution in [0.25, 0.3) is 33.6 Å². The van der Waals surface area contributed by atoms with Gasteiger partial charge in [0.1, 0.15) is 23.7 Å². The fourth-order valence-corrected chi connectivity index (χ4v) is 8.89. The lowest BCUT2D eigenvalue weighted by atomic mass is 9.65. The third-order valence-corrected chi connectivity index (χ3v) is 11.9. The molecule has 2 saturated heterocycles. The van der Waals surface area contributed by atoms with Gasteiger partial charge in [0.15, 0.2) is 0 Å². The molecule has 0 bridgehead atoms. The molecule has 1 unspecified atom stereocenters. The minimum Gasteiger partial charge on any atom is -0.453 e. The van der Waals surface area contributed by atoms with E-state index >= 15 is 0 Å². The largest absolute Gasteiger partial charge is 0.453 e. The number of carbonyl (C=O) groups excluding carboxylic acids is 4. The molecule has 4 N–H and O–H groups in total. The molecule has 2 aliphatic heterocycles. The second-order valence-electron chi connectivity index (χ2n) is 16.8. The number of carbonyl (C=O) groups is 4. The number of H-pyrrole nitrogens is 2. The summed E-state index contributed by atoms with van der Waals surface area (Å²) in [5.74, 6) is -2.48. The maximum absolute atomic E-state index is 14.2. The smallest absolute Gasteiger partial charge is 0.407 e. The highest BCUT2D eigenvalue weighted by molar-refractivity contribution is 5.87.